The molecular formula is C11H17N3O3S. The minimum Gasteiger partial charge on any atom is -0.481 e. The van der Waals surface area contributed by atoms with Crippen LogP contribution in [-0.2, 0) is 11.3 Å². The van der Waals surface area contributed by atoms with Crippen molar-refractivity contribution in [3.8, 4) is 0 Å². The van der Waals surface area contributed by atoms with Crippen LogP contribution in [0.2, 0.25) is 0 Å². The second-order valence-electron chi connectivity index (χ2n) is 4.06. The van der Waals surface area contributed by atoms with Crippen molar-refractivity contribution >= 4 is 23.3 Å². The van der Waals surface area contributed by atoms with E-state index in [2.05, 4.69) is 4.98 Å². The van der Waals surface area contributed by atoms with Crippen LogP contribution < -0.4 is 0 Å². The van der Waals surface area contributed by atoms with E-state index in [-0.39, 0.29) is 19.0 Å². The van der Waals surface area contributed by atoms with Crippen LogP contribution in [0.1, 0.15) is 17.1 Å². The van der Waals surface area contributed by atoms with Gasteiger partial charge in [-0.15, -0.1) is 11.3 Å². The molecule has 18 heavy (non-hydrogen) atoms. The lowest BCUT2D eigenvalue weighted by Crippen LogP contribution is -2.39. The summed E-state index contributed by atoms with van der Waals surface area (Å²) >= 11 is 1.54. The molecule has 0 saturated carbocycles. The number of carboxylic acid groups (broad SMARTS) is 1. The van der Waals surface area contributed by atoms with Gasteiger partial charge in [0.25, 0.3) is 0 Å². The maximum atomic E-state index is 11.9. The van der Waals surface area contributed by atoms with E-state index in [4.69, 9.17) is 5.11 Å². The summed E-state index contributed by atoms with van der Waals surface area (Å²) in [5, 5.41) is 11.4. The van der Waals surface area contributed by atoms with Gasteiger partial charge >= 0.3 is 12.0 Å². The third-order valence-corrected chi connectivity index (χ3v) is 3.20. The second-order valence-corrected chi connectivity index (χ2v) is 5.12. The molecule has 0 atom stereocenters. The molecule has 0 fully saturated rings. The summed E-state index contributed by atoms with van der Waals surface area (Å²) < 4.78 is 0. The second kappa shape index (κ2) is 6.34. The van der Waals surface area contributed by atoms with Gasteiger partial charge in [-0.1, -0.05) is 0 Å². The smallest absolute Gasteiger partial charge is 0.319 e. The molecule has 7 heteroatoms. The Kier molecular flexibility index (Phi) is 5.08. The van der Waals surface area contributed by atoms with Gasteiger partial charge in [0.15, 0.2) is 0 Å². The molecule has 0 bridgehead atoms. The third-order valence-electron chi connectivity index (χ3n) is 2.38. The normalized spacial score (nSPS) is 10.2. The molecule has 100 valence electrons. The molecule has 0 aromatic carbocycles. The van der Waals surface area contributed by atoms with E-state index in [9.17, 15) is 9.59 Å². The number of urea groups is 1. The van der Waals surface area contributed by atoms with Gasteiger partial charge in [-0.05, 0) is 6.92 Å². The third kappa shape index (κ3) is 4.33. The van der Waals surface area contributed by atoms with Crippen molar-refractivity contribution in [2.24, 2.45) is 0 Å². The van der Waals surface area contributed by atoms with Crippen LogP contribution in [0.3, 0.4) is 0 Å². The fraction of sp³-hybridized carbons (Fsp3) is 0.545. The molecule has 0 unspecified atom stereocenters. The van der Waals surface area contributed by atoms with E-state index in [0.717, 1.165) is 10.7 Å². The van der Waals surface area contributed by atoms with Crippen LogP contribution in [0.4, 0.5) is 4.79 Å². The van der Waals surface area contributed by atoms with Gasteiger partial charge in [0.05, 0.1) is 23.7 Å². The zero-order valence-corrected chi connectivity index (χ0v) is 11.5. The van der Waals surface area contributed by atoms with E-state index < -0.39 is 5.97 Å². The molecule has 1 N–H and O–H groups in total. The molecule has 0 spiro atoms. The average Bonchev–Trinajstić information content (AvgIpc) is 2.70. The number of rotatable bonds is 5. The van der Waals surface area contributed by atoms with Gasteiger partial charge < -0.3 is 14.9 Å². The Balaban J connectivity index is 2.47. The van der Waals surface area contributed by atoms with Crippen LogP contribution in [-0.4, -0.2) is 52.5 Å². The van der Waals surface area contributed by atoms with Crippen molar-refractivity contribution in [2.45, 2.75) is 19.9 Å². The van der Waals surface area contributed by atoms with Gasteiger partial charge in [0, 0.05) is 26.0 Å². The van der Waals surface area contributed by atoms with Crippen molar-refractivity contribution in [2.75, 3.05) is 20.6 Å². The Morgan fingerprint density at radius 3 is 2.56 bits per heavy atom. The van der Waals surface area contributed by atoms with Crippen molar-refractivity contribution in [3.05, 3.63) is 16.1 Å². The Morgan fingerprint density at radius 2 is 2.06 bits per heavy atom. The summed E-state index contributed by atoms with van der Waals surface area (Å²) in [6.07, 6.45) is -0.0497. The maximum Gasteiger partial charge on any atom is 0.319 e. The molecule has 0 saturated heterocycles. The first-order valence-electron chi connectivity index (χ1n) is 5.49. The highest BCUT2D eigenvalue weighted by atomic mass is 32.1. The molecule has 1 aromatic heterocycles. The zero-order chi connectivity index (χ0) is 13.7. The summed E-state index contributed by atoms with van der Waals surface area (Å²) in [6.45, 7) is 2.55. The number of hydrogen-bond acceptors (Lipinski definition) is 4. The Hall–Kier alpha value is -1.63. The van der Waals surface area contributed by atoms with Gasteiger partial charge in [-0.25, -0.2) is 9.78 Å². The minimum absolute atomic E-state index is 0.0497. The van der Waals surface area contributed by atoms with Crippen LogP contribution in [0.25, 0.3) is 0 Å². The lowest BCUT2D eigenvalue weighted by molar-refractivity contribution is -0.137. The standard InChI is InChI=1S/C11H17N3O3S/c1-8-12-9(7-18-8)6-14(3)11(17)13(2)5-4-10(15)16/h7H,4-6H2,1-3H3,(H,15,16). The fourth-order valence-corrected chi connectivity index (χ4v) is 2.05. The average molecular weight is 271 g/mol. The first-order chi connectivity index (χ1) is 8.40. The number of carboxylic acids is 1. The SMILES string of the molecule is Cc1nc(CN(C)C(=O)N(C)CCC(=O)O)cs1. The number of carbonyl (C=O) groups is 2. The summed E-state index contributed by atoms with van der Waals surface area (Å²) in [6, 6.07) is -0.207. The van der Waals surface area contributed by atoms with Gasteiger partial charge in [0.1, 0.15) is 0 Å². The lowest BCUT2D eigenvalue weighted by atomic mass is 10.4. The van der Waals surface area contributed by atoms with E-state index >= 15 is 0 Å². The van der Waals surface area contributed by atoms with E-state index in [1.165, 1.54) is 9.80 Å². The first-order valence-corrected chi connectivity index (χ1v) is 6.37. The molecule has 6 nitrogen and oxygen atoms in total. The quantitative estimate of drug-likeness (QED) is 0.878. The number of aromatic nitrogens is 1. The summed E-state index contributed by atoms with van der Waals surface area (Å²) in [5.74, 6) is -0.910. The van der Waals surface area contributed by atoms with Gasteiger partial charge in [-0.2, -0.15) is 0 Å². The predicted octanol–water partition coefficient (Wildman–Crippen LogP) is 1.41. The fourth-order valence-electron chi connectivity index (χ4n) is 1.44. The molecule has 0 aliphatic carbocycles. The maximum absolute atomic E-state index is 11.9. The topological polar surface area (TPSA) is 73.7 Å². The summed E-state index contributed by atoms with van der Waals surface area (Å²) in [5.41, 5.74) is 0.847. The van der Waals surface area contributed by atoms with Gasteiger partial charge in [0.2, 0.25) is 0 Å². The highest BCUT2D eigenvalue weighted by Gasteiger charge is 2.16. The lowest BCUT2D eigenvalue weighted by Gasteiger charge is -2.23. The van der Waals surface area contributed by atoms with Crippen LogP contribution in [0, 0.1) is 6.92 Å². The number of nitrogens with zero attached hydrogens (tertiary/aromatic N) is 3. The van der Waals surface area contributed by atoms with E-state index in [1.807, 2.05) is 12.3 Å². The van der Waals surface area contributed by atoms with Crippen molar-refractivity contribution in [1.82, 2.24) is 14.8 Å². The molecule has 0 aliphatic heterocycles. The Labute approximate surface area is 110 Å². The number of thiazole rings is 1. The number of aryl methyl sites for hydroxylation is 1. The largest absolute Gasteiger partial charge is 0.481 e. The number of carbonyl (C=O) groups excluding carboxylic acids is 1. The van der Waals surface area contributed by atoms with Crippen LogP contribution >= 0.6 is 11.3 Å². The molecule has 1 aromatic rings. The van der Waals surface area contributed by atoms with Crippen molar-refractivity contribution < 1.29 is 14.7 Å². The molecule has 0 aliphatic rings. The van der Waals surface area contributed by atoms with E-state index in [1.54, 1.807) is 25.4 Å². The van der Waals surface area contributed by atoms with Crippen molar-refractivity contribution in [3.63, 3.8) is 0 Å². The summed E-state index contributed by atoms with van der Waals surface area (Å²) in [7, 11) is 3.27. The minimum atomic E-state index is -0.910. The van der Waals surface area contributed by atoms with Crippen LogP contribution in [0.5, 0.6) is 0 Å². The highest BCUT2D eigenvalue weighted by Crippen LogP contribution is 2.10. The number of amides is 2. The van der Waals surface area contributed by atoms with Crippen molar-refractivity contribution in [1.29, 1.82) is 0 Å². The first kappa shape index (κ1) is 14.4. The van der Waals surface area contributed by atoms with E-state index in [0.29, 0.717) is 6.54 Å². The molecule has 0 radical (unpaired) electrons. The zero-order valence-electron chi connectivity index (χ0n) is 10.7. The number of hydrogen-bond donors (Lipinski definition) is 1. The molecule has 1 rings (SSSR count). The van der Waals surface area contributed by atoms with Crippen LogP contribution in [0.15, 0.2) is 5.38 Å². The Bertz CT molecular complexity index is 433. The van der Waals surface area contributed by atoms with Gasteiger partial charge in [-0.3, -0.25) is 4.79 Å². The highest BCUT2D eigenvalue weighted by molar-refractivity contribution is 7.09. The molecular weight excluding hydrogens is 254 g/mol. The number of aliphatic carboxylic acids is 1. The summed E-state index contributed by atoms with van der Waals surface area (Å²) in [4.78, 5) is 29.5. The Morgan fingerprint density at radius 1 is 1.39 bits per heavy atom. The molecule has 1 heterocycles. The monoisotopic (exact) mass is 271 g/mol. The molecule has 2 amide bonds. The predicted molar refractivity (Wildman–Crippen MR) is 68.6 cm³/mol.